The summed E-state index contributed by atoms with van der Waals surface area (Å²) in [6, 6.07) is 20.8. The van der Waals surface area contributed by atoms with Crippen molar-refractivity contribution in [2.24, 2.45) is 0 Å². The second-order valence-corrected chi connectivity index (χ2v) is 16.2. The highest BCUT2D eigenvalue weighted by atomic mass is 28.4. The largest absolute Gasteiger partial charge is 0.406 e. The standard InChI is InChI=1S/C14H20OSi.C12H16OSi/c1-5-10-14(15-16(3,4)6-2)13-11-8-7-9-12-13;1-14(2)10-6-9-12(13-14)11-7-4-3-5-8-11/h5-9,11-12,14H,1-2,10H2,3-4H3;3-8,10,12H,9H2,1-2H3. The smallest absolute Gasteiger partial charge is 0.211 e. The molecule has 0 N–H and O–H groups in total. The van der Waals surface area contributed by atoms with Crippen LogP contribution in [0.1, 0.15) is 36.2 Å². The average Bonchev–Trinajstić information content (AvgIpc) is 2.74. The molecular formula is C26H36O2Si2. The van der Waals surface area contributed by atoms with Gasteiger partial charge in [-0.2, -0.15) is 0 Å². The Kier molecular flexibility index (Phi) is 9.24. The van der Waals surface area contributed by atoms with Gasteiger partial charge in [0.25, 0.3) is 0 Å². The molecular weight excluding hydrogens is 400 g/mol. The molecule has 1 heterocycles. The predicted molar refractivity (Wildman–Crippen MR) is 134 cm³/mol. The van der Waals surface area contributed by atoms with Crippen molar-refractivity contribution in [3.63, 3.8) is 0 Å². The van der Waals surface area contributed by atoms with E-state index in [9.17, 15) is 0 Å². The summed E-state index contributed by atoms with van der Waals surface area (Å²) in [6.45, 7) is 16.4. The summed E-state index contributed by atoms with van der Waals surface area (Å²) in [4.78, 5) is 0. The van der Waals surface area contributed by atoms with Crippen molar-refractivity contribution < 1.29 is 8.85 Å². The fourth-order valence-corrected chi connectivity index (χ4v) is 6.10. The molecule has 0 fully saturated rings. The molecule has 0 spiro atoms. The normalized spacial score (nSPS) is 18.6. The van der Waals surface area contributed by atoms with Crippen LogP contribution in [0.4, 0.5) is 0 Å². The van der Waals surface area contributed by atoms with Crippen LogP contribution >= 0.6 is 0 Å². The Morgan fingerprint density at radius 2 is 1.67 bits per heavy atom. The zero-order valence-electron chi connectivity index (χ0n) is 18.9. The third kappa shape index (κ3) is 8.03. The maximum atomic E-state index is 6.16. The number of benzene rings is 2. The predicted octanol–water partition coefficient (Wildman–Crippen LogP) is 7.70. The molecule has 1 aliphatic heterocycles. The third-order valence-corrected chi connectivity index (χ3v) is 8.78. The summed E-state index contributed by atoms with van der Waals surface area (Å²) in [5.41, 5.74) is 6.75. The molecule has 0 saturated heterocycles. The maximum Gasteiger partial charge on any atom is 0.211 e. The molecule has 2 aromatic carbocycles. The summed E-state index contributed by atoms with van der Waals surface area (Å²) in [5, 5.41) is 0. The summed E-state index contributed by atoms with van der Waals surface area (Å²) in [6.07, 6.45) is 6.43. The molecule has 3 rings (SSSR count). The van der Waals surface area contributed by atoms with Gasteiger partial charge in [-0.05, 0) is 50.2 Å². The van der Waals surface area contributed by atoms with Gasteiger partial charge in [0.05, 0.1) is 12.2 Å². The van der Waals surface area contributed by atoms with Crippen molar-refractivity contribution in [2.75, 3.05) is 0 Å². The van der Waals surface area contributed by atoms with Crippen molar-refractivity contribution >= 4 is 16.6 Å². The van der Waals surface area contributed by atoms with Crippen molar-refractivity contribution in [3.8, 4) is 0 Å². The van der Waals surface area contributed by atoms with Gasteiger partial charge < -0.3 is 8.85 Å². The second-order valence-electron chi connectivity index (χ2n) is 8.61. The van der Waals surface area contributed by atoms with Gasteiger partial charge in [-0.3, -0.25) is 0 Å². The van der Waals surface area contributed by atoms with E-state index < -0.39 is 16.6 Å². The molecule has 4 heteroatoms. The van der Waals surface area contributed by atoms with E-state index in [4.69, 9.17) is 8.85 Å². The Morgan fingerprint density at radius 3 is 2.20 bits per heavy atom. The minimum Gasteiger partial charge on any atom is -0.406 e. The van der Waals surface area contributed by atoms with Gasteiger partial charge in [0, 0.05) is 0 Å². The van der Waals surface area contributed by atoms with Gasteiger partial charge in [0.2, 0.25) is 16.6 Å². The van der Waals surface area contributed by atoms with E-state index in [1.54, 1.807) is 0 Å². The first-order valence-corrected chi connectivity index (χ1v) is 16.6. The lowest BCUT2D eigenvalue weighted by Gasteiger charge is -2.30. The molecule has 0 aliphatic carbocycles. The minimum atomic E-state index is -1.74. The Balaban J connectivity index is 0.000000215. The molecule has 2 atom stereocenters. The van der Waals surface area contributed by atoms with E-state index in [2.05, 4.69) is 87.5 Å². The van der Waals surface area contributed by atoms with Gasteiger partial charge in [-0.25, -0.2) is 0 Å². The molecule has 0 bridgehead atoms. The van der Waals surface area contributed by atoms with Crippen LogP contribution in [0.25, 0.3) is 0 Å². The van der Waals surface area contributed by atoms with E-state index in [1.807, 2.05) is 36.0 Å². The van der Waals surface area contributed by atoms with Crippen LogP contribution in [0.15, 0.2) is 97.4 Å². The third-order valence-electron chi connectivity index (χ3n) is 4.98. The zero-order valence-corrected chi connectivity index (χ0v) is 20.9. The minimum absolute atomic E-state index is 0.110. The number of hydrogen-bond acceptors (Lipinski definition) is 2. The topological polar surface area (TPSA) is 18.5 Å². The van der Waals surface area contributed by atoms with Crippen molar-refractivity contribution in [2.45, 2.75) is 51.2 Å². The first-order valence-electron chi connectivity index (χ1n) is 10.6. The Bertz CT molecular complexity index is 813. The highest BCUT2D eigenvalue weighted by molar-refractivity contribution is 6.76. The fraction of sp³-hybridized carbons (Fsp3) is 0.308. The lowest BCUT2D eigenvalue weighted by atomic mass is 10.1. The molecule has 1 aliphatic rings. The number of hydrogen-bond donors (Lipinski definition) is 0. The van der Waals surface area contributed by atoms with Crippen LogP contribution in [-0.2, 0) is 8.85 Å². The van der Waals surface area contributed by atoms with Crippen LogP contribution in [0.5, 0.6) is 0 Å². The van der Waals surface area contributed by atoms with E-state index in [-0.39, 0.29) is 12.2 Å². The van der Waals surface area contributed by atoms with Crippen LogP contribution < -0.4 is 0 Å². The van der Waals surface area contributed by atoms with E-state index in [1.165, 1.54) is 11.1 Å². The summed E-state index contributed by atoms with van der Waals surface area (Å²) < 4.78 is 12.3. The quantitative estimate of drug-likeness (QED) is 0.327. The van der Waals surface area contributed by atoms with Crippen LogP contribution in [-0.4, -0.2) is 16.6 Å². The second kappa shape index (κ2) is 11.4. The summed E-state index contributed by atoms with van der Waals surface area (Å²) in [5.74, 6) is 0. The summed E-state index contributed by atoms with van der Waals surface area (Å²) in [7, 11) is -3.26. The molecule has 160 valence electrons. The van der Waals surface area contributed by atoms with E-state index in [0.717, 1.165) is 12.8 Å². The molecule has 30 heavy (non-hydrogen) atoms. The van der Waals surface area contributed by atoms with Crippen LogP contribution in [0, 0.1) is 0 Å². The molecule has 2 aromatic rings. The first-order chi connectivity index (χ1) is 14.3. The van der Waals surface area contributed by atoms with Crippen LogP contribution in [0.2, 0.25) is 26.2 Å². The molecule has 0 saturated carbocycles. The zero-order chi connectivity index (χ0) is 22.0. The molecule has 0 amide bonds. The molecule has 0 radical (unpaired) electrons. The van der Waals surface area contributed by atoms with Crippen molar-refractivity contribution in [3.05, 3.63) is 108 Å². The number of rotatable bonds is 7. The lowest BCUT2D eigenvalue weighted by molar-refractivity contribution is 0.198. The average molecular weight is 437 g/mol. The molecule has 2 nitrogen and oxygen atoms in total. The van der Waals surface area contributed by atoms with Crippen molar-refractivity contribution in [1.82, 2.24) is 0 Å². The molecule has 0 aromatic heterocycles. The lowest BCUT2D eigenvalue weighted by Crippen LogP contribution is -2.32. The molecule has 2 unspecified atom stereocenters. The Hall–Kier alpha value is -1.99. The van der Waals surface area contributed by atoms with E-state index >= 15 is 0 Å². The highest BCUT2D eigenvalue weighted by Crippen LogP contribution is 2.30. The van der Waals surface area contributed by atoms with Gasteiger partial charge in [-0.1, -0.05) is 84.2 Å². The van der Waals surface area contributed by atoms with Gasteiger partial charge >= 0.3 is 0 Å². The maximum absolute atomic E-state index is 6.16. The highest BCUT2D eigenvalue weighted by Gasteiger charge is 2.27. The Labute approximate surface area is 185 Å². The van der Waals surface area contributed by atoms with Crippen LogP contribution in [0.3, 0.4) is 0 Å². The van der Waals surface area contributed by atoms with Crippen molar-refractivity contribution in [1.29, 1.82) is 0 Å². The van der Waals surface area contributed by atoms with E-state index in [0.29, 0.717) is 0 Å². The van der Waals surface area contributed by atoms with Gasteiger partial charge in [-0.15, -0.1) is 13.2 Å². The van der Waals surface area contributed by atoms with Gasteiger partial charge in [0.1, 0.15) is 0 Å². The Morgan fingerprint density at radius 1 is 1.07 bits per heavy atom. The monoisotopic (exact) mass is 436 g/mol. The SMILES string of the molecule is C=CCC(O[Si](C)(C)C=C)c1ccccc1.C[Si]1(C)C=CCC(c2ccccc2)O1. The van der Waals surface area contributed by atoms with Gasteiger partial charge in [0.15, 0.2) is 0 Å². The fourth-order valence-electron chi connectivity index (χ4n) is 3.29. The summed E-state index contributed by atoms with van der Waals surface area (Å²) >= 11 is 0. The first kappa shape index (κ1) is 24.3.